The number of nitrogens with zero attached hydrogens (tertiary/aromatic N) is 1. The Kier molecular flexibility index (Phi) is 5.86. The van der Waals surface area contributed by atoms with Crippen molar-refractivity contribution in [3.8, 4) is 0 Å². The lowest BCUT2D eigenvalue weighted by atomic mass is 9.96. The van der Waals surface area contributed by atoms with Gasteiger partial charge >= 0.3 is 0 Å². The zero-order chi connectivity index (χ0) is 19.5. The van der Waals surface area contributed by atoms with Crippen LogP contribution in [0.5, 0.6) is 0 Å². The summed E-state index contributed by atoms with van der Waals surface area (Å²) in [7, 11) is 0. The summed E-state index contributed by atoms with van der Waals surface area (Å²) in [5, 5.41) is 6.54. The highest BCUT2D eigenvalue weighted by molar-refractivity contribution is 6.42. The fourth-order valence-electron chi connectivity index (χ4n) is 3.82. The van der Waals surface area contributed by atoms with Crippen molar-refractivity contribution in [3.63, 3.8) is 0 Å². The van der Waals surface area contributed by atoms with E-state index in [4.69, 9.17) is 23.2 Å². The standard InChI is InChI=1S/C23H22Cl2N2O/c24-21-10-7-16(12-22(21)25)14-27-11-3-6-19(15-27)23(28)26-20-9-8-17-4-1-2-5-18(17)13-20/h1-2,4-5,7-10,12-13,19H,3,6,11,14-15H2,(H,26,28). The summed E-state index contributed by atoms with van der Waals surface area (Å²) in [6, 6.07) is 19.9. The molecule has 1 heterocycles. The highest BCUT2D eigenvalue weighted by Gasteiger charge is 2.26. The Morgan fingerprint density at radius 2 is 1.82 bits per heavy atom. The molecule has 144 valence electrons. The number of fused-ring (bicyclic) bond motifs is 1. The van der Waals surface area contributed by atoms with Gasteiger partial charge < -0.3 is 5.32 Å². The van der Waals surface area contributed by atoms with Crippen LogP contribution in [0.15, 0.2) is 60.7 Å². The van der Waals surface area contributed by atoms with E-state index in [1.165, 1.54) is 5.39 Å². The summed E-state index contributed by atoms with van der Waals surface area (Å²) in [5.74, 6) is 0.0807. The fourth-order valence-corrected chi connectivity index (χ4v) is 4.14. The second-order valence-electron chi connectivity index (χ2n) is 7.37. The number of amides is 1. The number of anilines is 1. The van der Waals surface area contributed by atoms with Crippen molar-refractivity contribution < 1.29 is 4.79 Å². The predicted octanol–water partition coefficient (Wildman–Crippen LogP) is 6.00. The Morgan fingerprint density at radius 1 is 1.00 bits per heavy atom. The van der Waals surface area contributed by atoms with E-state index in [-0.39, 0.29) is 11.8 Å². The van der Waals surface area contributed by atoms with Gasteiger partial charge in [-0.1, -0.05) is 59.6 Å². The monoisotopic (exact) mass is 412 g/mol. The molecule has 1 fully saturated rings. The molecule has 0 aromatic heterocycles. The largest absolute Gasteiger partial charge is 0.326 e. The molecule has 1 amide bonds. The van der Waals surface area contributed by atoms with Crippen molar-refractivity contribution in [3.05, 3.63) is 76.3 Å². The third kappa shape index (κ3) is 4.49. The molecule has 3 aromatic rings. The number of rotatable bonds is 4. The van der Waals surface area contributed by atoms with Crippen LogP contribution in [0.2, 0.25) is 10.0 Å². The lowest BCUT2D eigenvalue weighted by molar-refractivity contribution is -0.121. The van der Waals surface area contributed by atoms with Crippen molar-refractivity contribution in [2.45, 2.75) is 19.4 Å². The Morgan fingerprint density at radius 3 is 2.64 bits per heavy atom. The van der Waals surface area contributed by atoms with Crippen molar-refractivity contribution in [1.82, 2.24) is 4.90 Å². The summed E-state index contributed by atoms with van der Waals surface area (Å²) >= 11 is 12.1. The minimum Gasteiger partial charge on any atom is -0.326 e. The molecule has 0 bridgehead atoms. The van der Waals surface area contributed by atoms with Crippen LogP contribution in [0.1, 0.15) is 18.4 Å². The second kappa shape index (κ2) is 8.52. The van der Waals surface area contributed by atoms with Gasteiger partial charge in [-0.05, 0) is 60.0 Å². The summed E-state index contributed by atoms with van der Waals surface area (Å²) < 4.78 is 0. The Bertz CT molecular complexity index is 1000. The van der Waals surface area contributed by atoms with Gasteiger partial charge in [0.1, 0.15) is 0 Å². The smallest absolute Gasteiger partial charge is 0.228 e. The van der Waals surface area contributed by atoms with Crippen LogP contribution >= 0.6 is 23.2 Å². The minimum absolute atomic E-state index is 0.0111. The SMILES string of the molecule is O=C(Nc1ccc2ccccc2c1)C1CCCN(Cc2ccc(Cl)c(Cl)c2)C1. The number of carbonyl (C=O) groups excluding carboxylic acids is 1. The Hall–Kier alpha value is -2.07. The van der Waals surface area contributed by atoms with Crippen molar-refractivity contribution in [2.24, 2.45) is 5.92 Å². The normalized spacial score (nSPS) is 17.6. The average Bonchev–Trinajstić information content (AvgIpc) is 2.71. The van der Waals surface area contributed by atoms with Gasteiger partial charge in [-0.25, -0.2) is 0 Å². The van der Waals surface area contributed by atoms with Gasteiger partial charge in [0.15, 0.2) is 0 Å². The van der Waals surface area contributed by atoms with E-state index < -0.39 is 0 Å². The summed E-state index contributed by atoms with van der Waals surface area (Å²) in [5.41, 5.74) is 1.97. The molecule has 1 aliphatic heterocycles. The van der Waals surface area contributed by atoms with E-state index in [9.17, 15) is 4.79 Å². The topological polar surface area (TPSA) is 32.3 Å². The fraction of sp³-hybridized carbons (Fsp3) is 0.261. The molecule has 0 radical (unpaired) electrons. The van der Waals surface area contributed by atoms with Crippen LogP contribution in [0.25, 0.3) is 10.8 Å². The molecule has 0 aliphatic carbocycles. The first-order valence-electron chi connectivity index (χ1n) is 9.54. The number of halogens is 2. The van der Waals surface area contributed by atoms with Crippen LogP contribution < -0.4 is 5.32 Å². The van der Waals surface area contributed by atoms with Gasteiger partial charge in [0.25, 0.3) is 0 Å². The summed E-state index contributed by atoms with van der Waals surface area (Å²) in [4.78, 5) is 15.1. The van der Waals surface area contributed by atoms with Gasteiger partial charge in [0.2, 0.25) is 5.91 Å². The number of benzene rings is 3. The number of carbonyl (C=O) groups is 1. The molecule has 0 spiro atoms. The third-order valence-corrected chi connectivity index (χ3v) is 6.02. The maximum Gasteiger partial charge on any atom is 0.228 e. The van der Waals surface area contributed by atoms with E-state index in [1.807, 2.05) is 48.5 Å². The zero-order valence-electron chi connectivity index (χ0n) is 15.5. The quantitative estimate of drug-likeness (QED) is 0.569. The van der Waals surface area contributed by atoms with E-state index in [1.54, 1.807) is 0 Å². The number of hydrogen-bond acceptors (Lipinski definition) is 2. The lowest BCUT2D eigenvalue weighted by Crippen LogP contribution is -2.40. The molecule has 3 aromatic carbocycles. The maximum atomic E-state index is 12.8. The van der Waals surface area contributed by atoms with E-state index in [0.717, 1.165) is 49.1 Å². The highest BCUT2D eigenvalue weighted by atomic mass is 35.5. The van der Waals surface area contributed by atoms with Crippen LogP contribution in [-0.4, -0.2) is 23.9 Å². The maximum absolute atomic E-state index is 12.8. The van der Waals surface area contributed by atoms with Crippen molar-refractivity contribution in [1.29, 1.82) is 0 Å². The molecule has 1 unspecified atom stereocenters. The Balaban J connectivity index is 1.40. The highest BCUT2D eigenvalue weighted by Crippen LogP contribution is 2.26. The summed E-state index contributed by atoms with van der Waals surface area (Å²) in [6.45, 7) is 2.51. The van der Waals surface area contributed by atoms with E-state index in [2.05, 4.69) is 22.3 Å². The number of nitrogens with one attached hydrogen (secondary N) is 1. The van der Waals surface area contributed by atoms with Gasteiger partial charge in [-0.2, -0.15) is 0 Å². The van der Waals surface area contributed by atoms with Gasteiger partial charge in [0.05, 0.1) is 16.0 Å². The molecule has 3 nitrogen and oxygen atoms in total. The molecule has 28 heavy (non-hydrogen) atoms. The van der Waals surface area contributed by atoms with Crippen molar-refractivity contribution in [2.75, 3.05) is 18.4 Å². The van der Waals surface area contributed by atoms with Gasteiger partial charge in [-0.3, -0.25) is 9.69 Å². The number of likely N-dealkylation sites (tertiary alicyclic amines) is 1. The van der Waals surface area contributed by atoms with Crippen molar-refractivity contribution >= 4 is 45.6 Å². The molecule has 1 saturated heterocycles. The molecule has 1 aliphatic rings. The van der Waals surface area contributed by atoms with Gasteiger partial charge in [0, 0.05) is 18.8 Å². The third-order valence-electron chi connectivity index (χ3n) is 5.28. The second-order valence-corrected chi connectivity index (χ2v) is 8.19. The van der Waals surface area contributed by atoms with Gasteiger partial charge in [-0.15, -0.1) is 0 Å². The number of hydrogen-bond donors (Lipinski definition) is 1. The van der Waals surface area contributed by atoms with Crippen LogP contribution in [-0.2, 0) is 11.3 Å². The summed E-state index contributed by atoms with van der Waals surface area (Å²) in [6.07, 6.45) is 1.93. The molecule has 1 atom stereocenters. The van der Waals surface area contributed by atoms with Crippen LogP contribution in [0.3, 0.4) is 0 Å². The first kappa shape index (κ1) is 19.3. The molecule has 0 saturated carbocycles. The molecular formula is C23H22Cl2N2O. The zero-order valence-corrected chi connectivity index (χ0v) is 17.0. The molecule has 4 rings (SSSR count). The predicted molar refractivity (Wildman–Crippen MR) is 117 cm³/mol. The number of piperidine rings is 1. The van der Waals surface area contributed by atoms with E-state index >= 15 is 0 Å². The van der Waals surface area contributed by atoms with Crippen LogP contribution in [0, 0.1) is 5.92 Å². The first-order chi connectivity index (χ1) is 13.6. The molecule has 1 N–H and O–H groups in total. The lowest BCUT2D eigenvalue weighted by Gasteiger charge is -2.32. The molecular weight excluding hydrogens is 391 g/mol. The average molecular weight is 413 g/mol. The first-order valence-corrected chi connectivity index (χ1v) is 10.3. The molecule has 5 heteroatoms. The van der Waals surface area contributed by atoms with E-state index in [0.29, 0.717) is 10.0 Å². The van der Waals surface area contributed by atoms with Crippen LogP contribution in [0.4, 0.5) is 5.69 Å². The Labute approximate surface area is 175 Å². The minimum atomic E-state index is -0.0111.